The maximum absolute atomic E-state index is 6.66. The molecule has 0 fully saturated rings. The Morgan fingerprint density at radius 2 is 1.00 bits per heavy atom. The van der Waals surface area contributed by atoms with Crippen molar-refractivity contribution in [2.45, 2.75) is 0 Å². The highest BCUT2D eigenvalue weighted by Gasteiger charge is 2.20. The van der Waals surface area contributed by atoms with E-state index < -0.39 is 0 Å². The number of hydrogen-bond acceptors (Lipinski definition) is 2. The molecule has 0 saturated heterocycles. The zero-order chi connectivity index (χ0) is 23.6. The summed E-state index contributed by atoms with van der Waals surface area (Å²) in [6.07, 6.45) is 1.72. The number of fused-ring (bicyclic) bond motifs is 7. The molecule has 2 aromatic heterocycles. The van der Waals surface area contributed by atoms with E-state index in [1.54, 1.807) is 6.26 Å². The zero-order valence-corrected chi connectivity index (χ0v) is 19.4. The van der Waals surface area contributed by atoms with Gasteiger partial charge in [-0.15, -0.1) is 0 Å². The molecule has 168 valence electrons. The second kappa shape index (κ2) is 7.34. The van der Waals surface area contributed by atoms with E-state index in [-0.39, 0.29) is 0 Å². The van der Waals surface area contributed by atoms with Gasteiger partial charge in [-0.05, 0) is 50.9 Å². The van der Waals surface area contributed by atoms with Crippen molar-refractivity contribution in [2.24, 2.45) is 0 Å². The Labute approximate surface area is 207 Å². The summed E-state index contributed by atoms with van der Waals surface area (Å²) in [5, 5.41) is 8.14. The number of hydrogen-bond donors (Lipinski definition) is 0. The molecule has 2 nitrogen and oxygen atoms in total. The molecule has 0 bridgehead atoms. The molecule has 8 aromatic rings. The maximum Gasteiger partial charge on any atom is 0.146 e. The Morgan fingerprint density at radius 1 is 0.389 bits per heavy atom. The van der Waals surface area contributed by atoms with Gasteiger partial charge in [0.2, 0.25) is 0 Å². The lowest BCUT2D eigenvalue weighted by Crippen LogP contribution is -1.90. The highest BCUT2D eigenvalue weighted by Crippen LogP contribution is 2.46. The van der Waals surface area contributed by atoms with E-state index in [1.165, 1.54) is 38.2 Å². The third-order valence-corrected chi connectivity index (χ3v) is 7.36. The molecule has 0 atom stereocenters. The van der Waals surface area contributed by atoms with Crippen molar-refractivity contribution in [1.29, 1.82) is 0 Å². The van der Waals surface area contributed by atoms with Crippen LogP contribution in [-0.2, 0) is 0 Å². The minimum absolute atomic E-state index is 0.839. The first kappa shape index (κ1) is 19.5. The lowest BCUT2D eigenvalue weighted by Gasteiger charge is -2.17. The fourth-order valence-electron chi connectivity index (χ4n) is 5.83. The van der Waals surface area contributed by atoms with Gasteiger partial charge in [-0.2, -0.15) is 0 Å². The van der Waals surface area contributed by atoms with Gasteiger partial charge in [0, 0.05) is 21.9 Å². The fourth-order valence-corrected chi connectivity index (χ4v) is 5.83. The van der Waals surface area contributed by atoms with Crippen LogP contribution in [0.15, 0.2) is 130 Å². The van der Waals surface area contributed by atoms with Crippen LogP contribution in [0.2, 0.25) is 0 Å². The van der Waals surface area contributed by atoms with Gasteiger partial charge in [0.15, 0.2) is 0 Å². The Morgan fingerprint density at radius 3 is 1.72 bits per heavy atom. The lowest BCUT2D eigenvalue weighted by atomic mass is 9.85. The third kappa shape index (κ3) is 2.61. The van der Waals surface area contributed by atoms with Crippen molar-refractivity contribution in [3.8, 4) is 22.3 Å². The number of rotatable bonds is 2. The Kier molecular flexibility index (Phi) is 3.97. The molecule has 0 aliphatic carbocycles. The molecule has 0 aliphatic heterocycles. The monoisotopic (exact) mass is 460 g/mol. The molecule has 0 aliphatic rings. The number of para-hydroxylation sites is 1. The molecule has 0 spiro atoms. The van der Waals surface area contributed by atoms with Crippen LogP contribution in [0.25, 0.3) is 76.7 Å². The van der Waals surface area contributed by atoms with Crippen LogP contribution in [0.3, 0.4) is 0 Å². The van der Waals surface area contributed by atoms with Crippen LogP contribution >= 0.6 is 0 Å². The summed E-state index contributed by atoms with van der Waals surface area (Å²) >= 11 is 0. The SMILES string of the molecule is c1ccc(-c2c3ccccc3c(-c3cccc4c3oc3c5ccoc5ccc43)c3ccccc23)cc1. The number of furan rings is 2. The largest absolute Gasteiger partial charge is 0.464 e. The summed E-state index contributed by atoms with van der Waals surface area (Å²) in [5.74, 6) is 0. The van der Waals surface area contributed by atoms with Gasteiger partial charge in [-0.25, -0.2) is 0 Å². The summed E-state index contributed by atoms with van der Waals surface area (Å²) in [6, 6.07) is 40.7. The van der Waals surface area contributed by atoms with Gasteiger partial charge < -0.3 is 8.83 Å². The van der Waals surface area contributed by atoms with E-state index in [4.69, 9.17) is 8.83 Å². The van der Waals surface area contributed by atoms with Crippen molar-refractivity contribution < 1.29 is 8.83 Å². The van der Waals surface area contributed by atoms with Crippen molar-refractivity contribution in [3.05, 3.63) is 122 Å². The highest BCUT2D eigenvalue weighted by molar-refractivity contribution is 6.25. The summed E-state index contributed by atoms with van der Waals surface area (Å²) in [7, 11) is 0. The van der Waals surface area contributed by atoms with Gasteiger partial charge in [-0.3, -0.25) is 0 Å². The maximum atomic E-state index is 6.66. The smallest absolute Gasteiger partial charge is 0.146 e. The molecule has 0 unspecified atom stereocenters. The molecule has 0 radical (unpaired) electrons. The van der Waals surface area contributed by atoms with Gasteiger partial charge in [0.25, 0.3) is 0 Å². The summed E-state index contributed by atoms with van der Waals surface area (Å²) in [5.41, 5.74) is 7.41. The van der Waals surface area contributed by atoms with Crippen molar-refractivity contribution in [3.63, 3.8) is 0 Å². The topological polar surface area (TPSA) is 26.3 Å². The van der Waals surface area contributed by atoms with Gasteiger partial charge in [-0.1, -0.05) is 97.1 Å². The molecule has 0 saturated carbocycles. The van der Waals surface area contributed by atoms with E-state index in [1.807, 2.05) is 12.1 Å². The zero-order valence-electron chi connectivity index (χ0n) is 19.4. The van der Waals surface area contributed by atoms with E-state index in [0.717, 1.165) is 38.5 Å². The predicted molar refractivity (Wildman–Crippen MR) is 149 cm³/mol. The molecule has 0 N–H and O–H groups in total. The van der Waals surface area contributed by atoms with E-state index in [0.29, 0.717) is 0 Å². The molecule has 6 aromatic carbocycles. The lowest BCUT2D eigenvalue weighted by molar-refractivity contribution is 0.615. The first-order chi connectivity index (χ1) is 17.9. The van der Waals surface area contributed by atoms with Gasteiger partial charge in [0.05, 0.1) is 11.6 Å². The van der Waals surface area contributed by atoms with Crippen LogP contribution in [0.1, 0.15) is 0 Å². The summed E-state index contributed by atoms with van der Waals surface area (Å²) in [4.78, 5) is 0. The van der Waals surface area contributed by atoms with E-state index in [9.17, 15) is 0 Å². The van der Waals surface area contributed by atoms with Crippen LogP contribution < -0.4 is 0 Å². The first-order valence-electron chi connectivity index (χ1n) is 12.2. The molecular formula is C34H20O2. The van der Waals surface area contributed by atoms with Gasteiger partial charge >= 0.3 is 0 Å². The Hall–Kier alpha value is -4.82. The molecule has 2 heteroatoms. The molecule has 2 heterocycles. The van der Waals surface area contributed by atoms with Crippen molar-refractivity contribution in [1.82, 2.24) is 0 Å². The average molecular weight is 461 g/mol. The quantitative estimate of drug-likeness (QED) is 0.240. The third-order valence-electron chi connectivity index (χ3n) is 7.36. The summed E-state index contributed by atoms with van der Waals surface area (Å²) in [6.45, 7) is 0. The van der Waals surface area contributed by atoms with Crippen molar-refractivity contribution >= 4 is 54.5 Å². The Bertz CT molecular complexity index is 2030. The Balaban J connectivity index is 1.56. The van der Waals surface area contributed by atoms with Crippen LogP contribution in [0.5, 0.6) is 0 Å². The van der Waals surface area contributed by atoms with Crippen LogP contribution in [0.4, 0.5) is 0 Å². The fraction of sp³-hybridized carbons (Fsp3) is 0. The minimum Gasteiger partial charge on any atom is -0.464 e. The van der Waals surface area contributed by atoms with E-state index >= 15 is 0 Å². The van der Waals surface area contributed by atoms with E-state index in [2.05, 4.69) is 103 Å². The highest BCUT2D eigenvalue weighted by atomic mass is 16.3. The second-order valence-electron chi connectivity index (χ2n) is 9.27. The predicted octanol–water partition coefficient (Wildman–Crippen LogP) is 9.97. The average Bonchev–Trinajstić information content (AvgIpc) is 3.57. The molecule has 0 amide bonds. The molecule has 36 heavy (non-hydrogen) atoms. The summed E-state index contributed by atoms with van der Waals surface area (Å²) < 4.78 is 12.3. The van der Waals surface area contributed by atoms with Crippen LogP contribution in [-0.4, -0.2) is 0 Å². The van der Waals surface area contributed by atoms with Crippen molar-refractivity contribution in [2.75, 3.05) is 0 Å². The first-order valence-corrected chi connectivity index (χ1v) is 12.2. The minimum atomic E-state index is 0.839. The molecule has 8 rings (SSSR count). The normalized spacial score (nSPS) is 11.9. The standard InChI is InChI=1S/C34H20O2/c1-2-9-21(10-3-1)31-22-11-4-6-13-24(22)32(25-14-7-5-12-23(25)31)29-16-8-15-26-27-17-18-30-28(19-20-35-30)33(27)36-34(26)29/h1-20H. The second-order valence-corrected chi connectivity index (χ2v) is 9.27. The number of benzene rings is 6. The van der Waals surface area contributed by atoms with Gasteiger partial charge in [0.1, 0.15) is 16.7 Å². The van der Waals surface area contributed by atoms with Crippen LogP contribution in [0, 0.1) is 0 Å². The molecular weight excluding hydrogens is 440 g/mol.